The number of hydrogen-bond donors (Lipinski definition) is 0. The van der Waals surface area contributed by atoms with Gasteiger partial charge in [-0.25, -0.2) is 4.98 Å². The molecule has 3 aromatic carbocycles. The number of nitrogens with zero attached hydrogens (tertiary/aromatic N) is 3. The van der Waals surface area contributed by atoms with Gasteiger partial charge in [-0.15, -0.1) is 0 Å². The molecule has 1 aliphatic heterocycles. The molecule has 0 aliphatic carbocycles. The average molecular weight is 454 g/mol. The van der Waals surface area contributed by atoms with E-state index in [4.69, 9.17) is 9.72 Å². The zero-order valence-corrected chi connectivity index (χ0v) is 19.6. The standard InChI is InChI=1S/C28H27N3O3/c1-4-34-27(33)24-25(21-15-11-19(3)12-16-21)31-23-8-6-5-7-22(23)29-28(31)30(26(24)32)17-20-13-9-18(2)10-14-20/h5-16,24-25H,4,17H2,1-3H3/t24-,25-/m1/s1. The summed E-state index contributed by atoms with van der Waals surface area (Å²) in [5, 5.41) is 0. The Morgan fingerprint density at radius 3 is 2.26 bits per heavy atom. The number of para-hydroxylation sites is 2. The van der Waals surface area contributed by atoms with Crippen molar-refractivity contribution in [3.63, 3.8) is 0 Å². The van der Waals surface area contributed by atoms with E-state index in [1.807, 2.05) is 91.2 Å². The van der Waals surface area contributed by atoms with Crippen LogP contribution in [0.4, 0.5) is 5.95 Å². The van der Waals surface area contributed by atoms with E-state index in [-0.39, 0.29) is 12.5 Å². The van der Waals surface area contributed by atoms with Crippen LogP contribution < -0.4 is 4.90 Å². The van der Waals surface area contributed by atoms with Crippen molar-refractivity contribution < 1.29 is 14.3 Å². The Kier molecular flexibility index (Phi) is 5.65. The van der Waals surface area contributed by atoms with Crippen molar-refractivity contribution in [3.8, 4) is 0 Å². The second-order valence-corrected chi connectivity index (χ2v) is 8.77. The van der Waals surface area contributed by atoms with Gasteiger partial charge in [-0.1, -0.05) is 71.8 Å². The van der Waals surface area contributed by atoms with E-state index in [0.717, 1.165) is 33.3 Å². The maximum Gasteiger partial charge on any atom is 0.321 e. The summed E-state index contributed by atoms with van der Waals surface area (Å²) in [6.45, 7) is 6.32. The van der Waals surface area contributed by atoms with Gasteiger partial charge in [-0.2, -0.15) is 0 Å². The van der Waals surface area contributed by atoms with Crippen LogP contribution in [0.25, 0.3) is 11.0 Å². The van der Waals surface area contributed by atoms with Gasteiger partial charge in [0.05, 0.1) is 30.2 Å². The first-order valence-electron chi connectivity index (χ1n) is 11.5. The summed E-state index contributed by atoms with van der Waals surface area (Å²) in [7, 11) is 0. The largest absolute Gasteiger partial charge is 0.465 e. The Labute approximate surface area is 198 Å². The molecule has 0 radical (unpaired) electrons. The highest BCUT2D eigenvalue weighted by atomic mass is 16.5. The lowest BCUT2D eigenvalue weighted by molar-refractivity contribution is -0.153. The third-order valence-corrected chi connectivity index (χ3v) is 6.37. The van der Waals surface area contributed by atoms with Crippen molar-refractivity contribution in [2.24, 2.45) is 5.92 Å². The second kappa shape index (κ2) is 8.78. The monoisotopic (exact) mass is 453 g/mol. The SMILES string of the molecule is CCOC(=O)[C@H]1C(=O)N(Cc2ccc(C)cc2)c2nc3ccccc3n2[C@@H]1c1ccc(C)cc1. The Morgan fingerprint density at radius 2 is 1.59 bits per heavy atom. The number of aromatic nitrogens is 2. The van der Waals surface area contributed by atoms with Gasteiger partial charge in [0.25, 0.3) is 0 Å². The quantitative estimate of drug-likeness (QED) is 0.316. The molecule has 0 N–H and O–H groups in total. The van der Waals surface area contributed by atoms with Gasteiger partial charge in [0.1, 0.15) is 0 Å². The van der Waals surface area contributed by atoms with Crippen LogP contribution in [0.1, 0.15) is 35.2 Å². The number of fused-ring (bicyclic) bond motifs is 3. The molecule has 5 rings (SSSR count). The zero-order chi connectivity index (χ0) is 23.8. The van der Waals surface area contributed by atoms with E-state index < -0.39 is 17.9 Å². The van der Waals surface area contributed by atoms with Gasteiger partial charge in [0, 0.05) is 0 Å². The van der Waals surface area contributed by atoms with Crippen LogP contribution in [0, 0.1) is 19.8 Å². The lowest BCUT2D eigenvalue weighted by Gasteiger charge is -2.38. The minimum absolute atomic E-state index is 0.207. The van der Waals surface area contributed by atoms with Gasteiger partial charge in [-0.3, -0.25) is 14.5 Å². The maximum absolute atomic E-state index is 14.0. The summed E-state index contributed by atoms with van der Waals surface area (Å²) < 4.78 is 7.45. The summed E-state index contributed by atoms with van der Waals surface area (Å²) in [6, 6.07) is 23.2. The Bertz CT molecular complexity index is 1360. The van der Waals surface area contributed by atoms with Crippen molar-refractivity contribution in [3.05, 3.63) is 95.1 Å². The molecular weight excluding hydrogens is 426 g/mol. The fourth-order valence-corrected chi connectivity index (χ4v) is 4.64. The van der Waals surface area contributed by atoms with Crippen molar-refractivity contribution in [2.75, 3.05) is 11.5 Å². The number of aryl methyl sites for hydroxylation is 2. The molecule has 1 aliphatic rings. The number of hydrogen-bond acceptors (Lipinski definition) is 4. The molecule has 2 heterocycles. The predicted octanol–water partition coefficient (Wildman–Crippen LogP) is 4.97. The molecule has 0 fully saturated rings. The molecule has 0 saturated carbocycles. The molecule has 0 unspecified atom stereocenters. The molecule has 34 heavy (non-hydrogen) atoms. The molecule has 0 saturated heterocycles. The van der Waals surface area contributed by atoms with Gasteiger partial charge in [-0.05, 0) is 44.0 Å². The Balaban J connectivity index is 1.73. The van der Waals surface area contributed by atoms with E-state index in [9.17, 15) is 9.59 Å². The number of carbonyl (C=O) groups is 2. The number of esters is 1. The van der Waals surface area contributed by atoms with Crippen LogP contribution in [0.3, 0.4) is 0 Å². The highest BCUT2D eigenvalue weighted by molar-refractivity contribution is 6.08. The lowest BCUT2D eigenvalue weighted by atomic mass is 9.89. The maximum atomic E-state index is 14.0. The van der Waals surface area contributed by atoms with Gasteiger partial charge in [0.2, 0.25) is 11.9 Å². The molecule has 172 valence electrons. The number of rotatable bonds is 5. The van der Waals surface area contributed by atoms with E-state index in [0.29, 0.717) is 12.5 Å². The molecule has 1 aromatic heterocycles. The van der Waals surface area contributed by atoms with E-state index >= 15 is 0 Å². The van der Waals surface area contributed by atoms with Crippen LogP contribution >= 0.6 is 0 Å². The summed E-state index contributed by atoms with van der Waals surface area (Å²) in [5.74, 6) is -1.29. The number of amides is 1. The van der Waals surface area contributed by atoms with Gasteiger partial charge in [0.15, 0.2) is 5.92 Å². The number of carbonyl (C=O) groups excluding carboxylic acids is 2. The number of anilines is 1. The van der Waals surface area contributed by atoms with Crippen molar-refractivity contribution >= 4 is 28.9 Å². The zero-order valence-electron chi connectivity index (χ0n) is 19.6. The van der Waals surface area contributed by atoms with Crippen molar-refractivity contribution in [2.45, 2.75) is 33.4 Å². The fourth-order valence-electron chi connectivity index (χ4n) is 4.64. The molecule has 0 bridgehead atoms. The fraction of sp³-hybridized carbons (Fsp3) is 0.250. The molecular formula is C28H27N3O3. The highest BCUT2D eigenvalue weighted by Crippen LogP contribution is 2.41. The van der Waals surface area contributed by atoms with Crippen molar-refractivity contribution in [1.29, 1.82) is 0 Å². The molecule has 6 nitrogen and oxygen atoms in total. The van der Waals surface area contributed by atoms with E-state index in [2.05, 4.69) is 0 Å². The summed E-state index contributed by atoms with van der Waals surface area (Å²) in [4.78, 5) is 33.7. The average Bonchev–Trinajstić information content (AvgIpc) is 3.22. The number of ether oxygens (including phenoxy) is 1. The van der Waals surface area contributed by atoms with Crippen LogP contribution in [0.2, 0.25) is 0 Å². The third kappa shape index (κ3) is 3.75. The van der Waals surface area contributed by atoms with Crippen LogP contribution in [0.5, 0.6) is 0 Å². The molecule has 6 heteroatoms. The van der Waals surface area contributed by atoms with E-state index in [1.165, 1.54) is 0 Å². The van der Waals surface area contributed by atoms with Gasteiger partial charge >= 0.3 is 5.97 Å². The number of imidazole rings is 1. The minimum atomic E-state index is -1.02. The molecule has 1 amide bonds. The van der Waals surface area contributed by atoms with Crippen LogP contribution in [0.15, 0.2) is 72.8 Å². The molecule has 0 spiro atoms. The van der Waals surface area contributed by atoms with E-state index in [1.54, 1.807) is 11.8 Å². The summed E-state index contributed by atoms with van der Waals surface area (Å²) >= 11 is 0. The first-order chi connectivity index (χ1) is 16.5. The Morgan fingerprint density at radius 1 is 0.941 bits per heavy atom. The Hall–Kier alpha value is -3.93. The normalized spacial score (nSPS) is 17.6. The summed E-state index contributed by atoms with van der Waals surface area (Å²) in [5.41, 5.74) is 5.74. The smallest absolute Gasteiger partial charge is 0.321 e. The number of benzene rings is 3. The van der Waals surface area contributed by atoms with Crippen LogP contribution in [-0.2, 0) is 20.9 Å². The third-order valence-electron chi connectivity index (χ3n) is 6.37. The summed E-state index contributed by atoms with van der Waals surface area (Å²) in [6.07, 6.45) is 0. The van der Waals surface area contributed by atoms with Gasteiger partial charge < -0.3 is 9.30 Å². The topological polar surface area (TPSA) is 64.4 Å². The first-order valence-corrected chi connectivity index (χ1v) is 11.5. The van der Waals surface area contributed by atoms with Crippen molar-refractivity contribution in [1.82, 2.24) is 9.55 Å². The van der Waals surface area contributed by atoms with Crippen LogP contribution in [-0.4, -0.2) is 28.0 Å². The minimum Gasteiger partial charge on any atom is -0.465 e. The lowest BCUT2D eigenvalue weighted by Crippen LogP contribution is -2.49. The molecule has 4 aromatic rings. The first kappa shape index (κ1) is 21.9. The second-order valence-electron chi connectivity index (χ2n) is 8.77. The highest BCUT2D eigenvalue weighted by Gasteiger charge is 2.47. The molecule has 2 atom stereocenters. The predicted molar refractivity (Wildman–Crippen MR) is 132 cm³/mol.